The molecule has 1 saturated heterocycles. The molecule has 1 N–H and O–H groups in total. The van der Waals surface area contributed by atoms with Gasteiger partial charge in [0.25, 0.3) is 0 Å². The molecule has 0 aromatic rings. The molecule has 18 heavy (non-hydrogen) atoms. The van der Waals surface area contributed by atoms with E-state index >= 15 is 0 Å². The van der Waals surface area contributed by atoms with Crippen molar-refractivity contribution in [2.75, 3.05) is 26.2 Å². The number of nitrogens with one attached hydrogen (secondary N) is 1. The highest BCUT2D eigenvalue weighted by Crippen LogP contribution is 2.34. The zero-order valence-corrected chi connectivity index (χ0v) is 11.9. The molecule has 0 aromatic heterocycles. The minimum absolute atomic E-state index is 0.523. The number of hydrogen-bond acceptors (Lipinski definition) is 2. The highest BCUT2D eigenvalue weighted by molar-refractivity contribution is 4.97. The topological polar surface area (TPSA) is 15.3 Å². The first-order valence-electron chi connectivity index (χ1n) is 7.94. The van der Waals surface area contributed by atoms with Gasteiger partial charge in [-0.15, -0.1) is 6.58 Å². The number of rotatable bonds is 6. The van der Waals surface area contributed by atoms with Crippen molar-refractivity contribution in [1.29, 1.82) is 0 Å². The van der Waals surface area contributed by atoms with Crippen LogP contribution in [0.1, 0.15) is 57.8 Å². The van der Waals surface area contributed by atoms with E-state index in [0.717, 1.165) is 0 Å². The first-order valence-corrected chi connectivity index (χ1v) is 7.94. The molecule has 1 saturated carbocycles. The van der Waals surface area contributed by atoms with E-state index in [1.165, 1.54) is 84.0 Å². The maximum atomic E-state index is 3.80. The van der Waals surface area contributed by atoms with Crippen LogP contribution in [0.5, 0.6) is 0 Å². The van der Waals surface area contributed by atoms with E-state index in [-0.39, 0.29) is 0 Å². The van der Waals surface area contributed by atoms with Crippen molar-refractivity contribution >= 4 is 0 Å². The van der Waals surface area contributed by atoms with Crippen LogP contribution in [0, 0.1) is 0 Å². The van der Waals surface area contributed by atoms with Crippen molar-refractivity contribution in [2.24, 2.45) is 0 Å². The summed E-state index contributed by atoms with van der Waals surface area (Å²) in [6.45, 7) is 8.81. The molecular formula is C16H30N2. The molecule has 0 atom stereocenters. The van der Waals surface area contributed by atoms with Crippen LogP contribution in [0.3, 0.4) is 0 Å². The molecule has 1 aliphatic carbocycles. The Labute approximate surface area is 113 Å². The minimum Gasteiger partial charge on any atom is -0.314 e. The molecule has 104 valence electrons. The van der Waals surface area contributed by atoms with Crippen LogP contribution < -0.4 is 5.32 Å². The third kappa shape index (κ3) is 3.58. The van der Waals surface area contributed by atoms with Gasteiger partial charge in [-0.25, -0.2) is 0 Å². The second-order valence-corrected chi connectivity index (χ2v) is 6.09. The number of nitrogens with zero attached hydrogens (tertiary/aromatic N) is 1. The van der Waals surface area contributed by atoms with Crippen LogP contribution in [-0.2, 0) is 0 Å². The molecule has 0 unspecified atom stereocenters. The molecule has 2 nitrogen and oxygen atoms in total. The van der Waals surface area contributed by atoms with E-state index in [1.54, 1.807) is 0 Å². The van der Waals surface area contributed by atoms with E-state index in [9.17, 15) is 0 Å². The van der Waals surface area contributed by atoms with Gasteiger partial charge in [-0.2, -0.15) is 0 Å². The largest absolute Gasteiger partial charge is 0.314 e. The standard InChI is InChI=1S/C16H30N2/c1-2-3-4-5-9-13-18-14-12-17-15-16(18)10-7-6-8-11-16/h2,17H,1,3-15H2. The Morgan fingerprint density at radius 2 is 1.94 bits per heavy atom. The summed E-state index contributed by atoms with van der Waals surface area (Å²) >= 11 is 0. The van der Waals surface area contributed by atoms with Crippen molar-refractivity contribution in [2.45, 2.75) is 63.3 Å². The number of allylic oxidation sites excluding steroid dienone is 1. The molecule has 0 aromatic carbocycles. The predicted molar refractivity (Wildman–Crippen MR) is 78.9 cm³/mol. The van der Waals surface area contributed by atoms with Crippen molar-refractivity contribution < 1.29 is 0 Å². The summed E-state index contributed by atoms with van der Waals surface area (Å²) in [5.74, 6) is 0. The lowest BCUT2D eigenvalue weighted by Crippen LogP contribution is -2.62. The van der Waals surface area contributed by atoms with Crippen molar-refractivity contribution in [3.05, 3.63) is 12.7 Å². The van der Waals surface area contributed by atoms with E-state index in [1.807, 2.05) is 6.08 Å². The zero-order chi connectivity index (χ0) is 12.7. The summed E-state index contributed by atoms with van der Waals surface area (Å²) in [6.07, 6.45) is 14.5. The summed E-state index contributed by atoms with van der Waals surface area (Å²) in [5, 5.41) is 3.63. The van der Waals surface area contributed by atoms with E-state index in [0.29, 0.717) is 5.54 Å². The average Bonchev–Trinajstić information content (AvgIpc) is 2.42. The second-order valence-electron chi connectivity index (χ2n) is 6.09. The fourth-order valence-electron chi connectivity index (χ4n) is 3.70. The van der Waals surface area contributed by atoms with Crippen molar-refractivity contribution in [3.8, 4) is 0 Å². The molecule has 0 radical (unpaired) electrons. The SMILES string of the molecule is C=CCCCCCN1CCNCC12CCCCC2. The third-order valence-electron chi connectivity index (χ3n) is 4.80. The summed E-state index contributed by atoms with van der Waals surface area (Å²) in [6, 6.07) is 0. The lowest BCUT2D eigenvalue weighted by molar-refractivity contribution is 0.0264. The van der Waals surface area contributed by atoms with Crippen LogP contribution in [0.4, 0.5) is 0 Å². The summed E-state index contributed by atoms with van der Waals surface area (Å²) in [5.41, 5.74) is 0.523. The number of hydrogen-bond donors (Lipinski definition) is 1. The maximum Gasteiger partial charge on any atom is 0.0334 e. The Hall–Kier alpha value is -0.340. The van der Waals surface area contributed by atoms with Crippen molar-refractivity contribution in [3.63, 3.8) is 0 Å². The van der Waals surface area contributed by atoms with Gasteiger partial charge in [0, 0.05) is 25.2 Å². The highest BCUT2D eigenvalue weighted by atomic mass is 15.3. The first kappa shape index (κ1) is 14.1. The van der Waals surface area contributed by atoms with Gasteiger partial charge in [-0.3, -0.25) is 4.90 Å². The van der Waals surface area contributed by atoms with Gasteiger partial charge in [-0.1, -0.05) is 31.8 Å². The van der Waals surface area contributed by atoms with Gasteiger partial charge in [0.05, 0.1) is 0 Å². The second kappa shape index (κ2) is 7.30. The number of unbranched alkanes of at least 4 members (excludes halogenated alkanes) is 3. The van der Waals surface area contributed by atoms with Crippen LogP contribution in [0.25, 0.3) is 0 Å². The molecule has 2 aliphatic rings. The quantitative estimate of drug-likeness (QED) is 0.574. The Balaban J connectivity index is 1.78. The normalized spacial score (nSPS) is 24.2. The van der Waals surface area contributed by atoms with E-state index in [2.05, 4.69) is 16.8 Å². The molecule has 2 heteroatoms. The minimum atomic E-state index is 0.523. The van der Waals surface area contributed by atoms with Gasteiger partial charge >= 0.3 is 0 Å². The Bertz CT molecular complexity index is 235. The smallest absolute Gasteiger partial charge is 0.0334 e. The maximum absolute atomic E-state index is 3.80. The molecule has 1 spiro atoms. The monoisotopic (exact) mass is 250 g/mol. The van der Waals surface area contributed by atoms with Gasteiger partial charge in [0.2, 0.25) is 0 Å². The molecule has 0 bridgehead atoms. The van der Waals surface area contributed by atoms with Crippen LogP contribution in [0.15, 0.2) is 12.7 Å². The molecule has 0 amide bonds. The Kier molecular flexibility index (Phi) is 5.71. The number of piperazine rings is 1. The summed E-state index contributed by atoms with van der Waals surface area (Å²) in [4.78, 5) is 2.82. The molecule has 1 heterocycles. The van der Waals surface area contributed by atoms with Crippen LogP contribution in [-0.4, -0.2) is 36.6 Å². The molecule has 1 aliphatic heterocycles. The van der Waals surface area contributed by atoms with Gasteiger partial charge < -0.3 is 5.32 Å². The van der Waals surface area contributed by atoms with E-state index < -0.39 is 0 Å². The van der Waals surface area contributed by atoms with Gasteiger partial charge in [-0.05, 0) is 38.6 Å². The molecule has 2 fully saturated rings. The van der Waals surface area contributed by atoms with Gasteiger partial charge in [0.1, 0.15) is 0 Å². The average molecular weight is 250 g/mol. The fraction of sp³-hybridized carbons (Fsp3) is 0.875. The summed E-state index contributed by atoms with van der Waals surface area (Å²) < 4.78 is 0. The first-order chi connectivity index (χ1) is 8.87. The third-order valence-corrected chi connectivity index (χ3v) is 4.80. The zero-order valence-electron chi connectivity index (χ0n) is 11.9. The Morgan fingerprint density at radius 1 is 1.11 bits per heavy atom. The van der Waals surface area contributed by atoms with Crippen LogP contribution >= 0.6 is 0 Å². The lowest BCUT2D eigenvalue weighted by atomic mass is 9.79. The fourth-order valence-corrected chi connectivity index (χ4v) is 3.70. The van der Waals surface area contributed by atoms with Crippen molar-refractivity contribution in [1.82, 2.24) is 10.2 Å². The summed E-state index contributed by atoms with van der Waals surface area (Å²) in [7, 11) is 0. The highest BCUT2D eigenvalue weighted by Gasteiger charge is 2.38. The van der Waals surface area contributed by atoms with Gasteiger partial charge in [0.15, 0.2) is 0 Å². The molecular weight excluding hydrogens is 220 g/mol. The Morgan fingerprint density at radius 3 is 2.72 bits per heavy atom. The molecule has 2 rings (SSSR count). The van der Waals surface area contributed by atoms with Crippen LogP contribution in [0.2, 0.25) is 0 Å². The predicted octanol–water partition coefficient (Wildman–Crippen LogP) is 3.34. The lowest BCUT2D eigenvalue weighted by Gasteiger charge is -2.50. The van der Waals surface area contributed by atoms with E-state index in [4.69, 9.17) is 0 Å².